The number of hydrogen-bond acceptors (Lipinski definition) is 6. The van der Waals surface area contributed by atoms with Gasteiger partial charge < -0.3 is 10.0 Å². The molecule has 0 radical (unpaired) electrons. The lowest BCUT2D eigenvalue weighted by Crippen LogP contribution is -2.27. The van der Waals surface area contributed by atoms with Crippen molar-refractivity contribution in [3.63, 3.8) is 0 Å². The van der Waals surface area contributed by atoms with Crippen LogP contribution in [0.15, 0.2) is 28.3 Å². The van der Waals surface area contributed by atoms with Crippen molar-refractivity contribution in [2.75, 3.05) is 18.0 Å². The van der Waals surface area contributed by atoms with Crippen LogP contribution in [0.25, 0.3) is 0 Å². The van der Waals surface area contributed by atoms with Gasteiger partial charge in [-0.05, 0) is 43.5 Å². The number of aryl methyl sites for hydroxylation is 1. The van der Waals surface area contributed by atoms with Gasteiger partial charge in [0.15, 0.2) is 5.82 Å². The van der Waals surface area contributed by atoms with Crippen LogP contribution in [0, 0.1) is 12.3 Å². The Kier molecular flexibility index (Phi) is 8.92. The van der Waals surface area contributed by atoms with Gasteiger partial charge in [0.2, 0.25) is 5.82 Å². The maximum atomic E-state index is 11.1. The first-order valence-electron chi connectivity index (χ1n) is 13.5. The van der Waals surface area contributed by atoms with Crippen LogP contribution in [0.4, 0.5) is 11.4 Å². The van der Waals surface area contributed by atoms with Gasteiger partial charge >= 0.3 is 5.97 Å². The number of nitrogens with zero attached hydrogens (tertiary/aromatic N) is 6. The molecule has 202 valence electrons. The average molecular weight is 509 g/mol. The van der Waals surface area contributed by atoms with Crippen molar-refractivity contribution in [1.29, 1.82) is 0 Å². The summed E-state index contributed by atoms with van der Waals surface area (Å²) in [6.07, 6.45) is 5.51. The van der Waals surface area contributed by atoms with E-state index in [2.05, 4.69) is 83.6 Å². The van der Waals surface area contributed by atoms with Crippen LogP contribution in [0.3, 0.4) is 0 Å². The number of aromatic nitrogens is 3. The molecule has 0 saturated heterocycles. The van der Waals surface area contributed by atoms with E-state index in [0.29, 0.717) is 12.2 Å². The van der Waals surface area contributed by atoms with Crippen LogP contribution < -0.4 is 4.90 Å². The van der Waals surface area contributed by atoms with Gasteiger partial charge in [-0.3, -0.25) is 4.79 Å². The van der Waals surface area contributed by atoms with Gasteiger partial charge in [0.05, 0.1) is 11.4 Å². The zero-order chi connectivity index (χ0) is 27.4. The molecule has 1 aromatic heterocycles. The first-order chi connectivity index (χ1) is 17.3. The average Bonchev–Trinajstić information content (AvgIpc) is 3.36. The van der Waals surface area contributed by atoms with Crippen molar-refractivity contribution in [3.8, 4) is 0 Å². The van der Waals surface area contributed by atoms with Crippen LogP contribution in [0.5, 0.6) is 0 Å². The molecule has 2 aromatic rings. The molecule has 1 aliphatic rings. The van der Waals surface area contributed by atoms with Crippen LogP contribution in [0.1, 0.15) is 104 Å². The highest BCUT2D eigenvalue weighted by molar-refractivity contribution is 6.50. The van der Waals surface area contributed by atoms with Crippen molar-refractivity contribution in [2.24, 2.45) is 15.5 Å². The summed E-state index contributed by atoms with van der Waals surface area (Å²) in [6.45, 7) is 18.6. The molecular formula is C29H44N6O2. The molecule has 2 heterocycles. The molecule has 0 spiro atoms. The third-order valence-corrected chi connectivity index (χ3v) is 6.48. The third-order valence-electron chi connectivity index (χ3n) is 6.48. The smallest absolute Gasteiger partial charge is 0.303 e. The summed E-state index contributed by atoms with van der Waals surface area (Å²) in [5.74, 6) is 0.687. The Balaban J connectivity index is 1.93. The lowest BCUT2D eigenvalue weighted by molar-refractivity contribution is -0.137. The fourth-order valence-electron chi connectivity index (χ4n) is 4.30. The first-order valence-corrected chi connectivity index (χ1v) is 13.5. The number of carboxylic acid groups (broad SMARTS) is 1. The van der Waals surface area contributed by atoms with Crippen molar-refractivity contribution in [3.05, 3.63) is 35.4 Å². The summed E-state index contributed by atoms with van der Waals surface area (Å²) in [5, 5.41) is 18.5. The molecule has 0 fully saturated rings. The molecule has 3 rings (SSSR count). The zero-order valence-corrected chi connectivity index (χ0v) is 23.9. The number of carbonyl (C=O) groups is 1. The molecule has 37 heavy (non-hydrogen) atoms. The molecule has 0 atom stereocenters. The summed E-state index contributed by atoms with van der Waals surface area (Å²) < 4.78 is 0. The van der Waals surface area contributed by atoms with Crippen LogP contribution in [0.2, 0.25) is 0 Å². The number of fused-ring (bicyclic) bond motifs is 1. The quantitative estimate of drug-likeness (QED) is 0.349. The van der Waals surface area contributed by atoms with E-state index in [1.807, 2.05) is 0 Å². The number of unbranched alkanes of at least 4 members (excludes halogenated alkanes) is 3. The lowest BCUT2D eigenvalue weighted by atomic mass is 9.87. The molecule has 0 aliphatic carbocycles. The third kappa shape index (κ3) is 7.27. The second-order valence-electron chi connectivity index (χ2n) is 12.1. The Hall–Kier alpha value is -3.03. The van der Waals surface area contributed by atoms with Gasteiger partial charge in [0.25, 0.3) is 0 Å². The van der Waals surface area contributed by atoms with Gasteiger partial charge in [0.1, 0.15) is 5.71 Å². The Morgan fingerprint density at radius 3 is 2.32 bits per heavy atom. The minimum Gasteiger partial charge on any atom is -0.481 e. The molecule has 8 heteroatoms. The number of carboxylic acids is 1. The summed E-state index contributed by atoms with van der Waals surface area (Å²) in [5.41, 5.74) is 4.29. The van der Waals surface area contributed by atoms with E-state index < -0.39 is 5.97 Å². The fourth-order valence-corrected chi connectivity index (χ4v) is 4.30. The number of rotatable bonds is 11. The minimum absolute atomic E-state index is 0.182. The number of aliphatic imine (C=N–C) groups is 1. The number of aliphatic carboxylic acids is 1. The van der Waals surface area contributed by atoms with Crippen molar-refractivity contribution >= 4 is 28.8 Å². The zero-order valence-electron chi connectivity index (χ0n) is 23.9. The van der Waals surface area contributed by atoms with Gasteiger partial charge in [0, 0.05) is 36.0 Å². The molecule has 1 N–H and O–H groups in total. The highest BCUT2D eigenvalue weighted by atomic mass is 16.4. The number of hydrogen-bond donors (Lipinski definition) is 1. The van der Waals surface area contributed by atoms with E-state index in [9.17, 15) is 4.79 Å². The lowest BCUT2D eigenvalue weighted by Gasteiger charge is -2.25. The monoisotopic (exact) mass is 508 g/mol. The van der Waals surface area contributed by atoms with Gasteiger partial charge in [-0.1, -0.05) is 67.7 Å². The SMILES string of the molecule is CCCCCCN(CCCC(=O)O)c1ccc(/N=C2/C(C(C)(C)C)=Nn3nc(C(C)(C)C)nc32)c(C)c1. The second-order valence-corrected chi connectivity index (χ2v) is 12.1. The van der Waals surface area contributed by atoms with E-state index in [-0.39, 0.29) is 17.3 Å². The Morgan fingerprint density at radius 2 is 1.73 bits per heavy atom. The molecule has 0 saturated carbocycles. The molecule has 8 nitrogen and oxygen atoms in total. The molecule has 0 unspecified atom stereocenters. The van der Waals surface area contributed by atoms with Crippen LogP contribution in [-0.2, 0) is 10.2 Å². The Labute approximate surface area is 221 Å². The normalized spacial score (nSPS) is 14.7. The summed E-state index contributed by atoms with van der Waals surface area (Å²) in [4.78, 5) is 24.9. The highest BCUT2D eigenvalue weighted by Crippen LogP contribution is 2.31. The second kappa shape index (κ2) is 11.6. The maximum absolute atomic E-state index is 11.1. The van der Waals surface area contributed by atoms with Crippen LogP contribution in [-0.4, -0.2) is 50.5 Å². The predicted octanol–water partition coefficient (Wildman–Crippen LogP) is 6.52. The van der Waals surface area contributed by atoms with E-state index in [0.717, 1.165) is 53.7 Å². The molecule has 0 bridgehead atoms. The van der Waals surface area contributed by atoms with E-state index in [4.69, 9.17) is 20.2 Å². The van der Waals surface area contributed by atoms with Crippen molar-refractivity contribution in [1.82, 2.24) is 14.9 Å². The predicted molar refractivity (Wildman–Crippen MR) is 152 cm³/mol. The highest BCUT2D eigenvalue weighted by Gasteiger charge is 2.36. The maximum Gasteiger partial charge on any atom is 0.303 e. The Bertz CT molecular complexity index is 1160. The fraction of sp³-hybridized carbons (Fsp3) is 0.621. The summed E-state index contributed by atoms with van der Waals surface area (Å²) in [7, 11) is 0. The number of benzene rings is 1. The van der Waals surface area contributed by atoms with Crippen LogP contribution >= 0.6 is 0 Å². The van der Waals surface area contributed by atoms with E-state index >= 15 is 0 Å². The molecular weight excluding hydrogens is 464 g/mol. The molecule has 0 amide bonds. The molecule has 1 aromatic carbocycles. The van der Waals surface area contributed by atoms with Gasteiger partial charge in [-0.2, -0.15) is 5.10 Å². The summed E-state index contributed by atoms with van der Waals surface area (Å²) in [6, 6.07) is 6.31. The minimum atomic E-state index is -0.747. The van der Waals surface area contributed by atoms with Crippen molar-refractivity contribution in [2.45, 2.75) is 99.3 Å². The van der Waals surface area contributed by atoms with E-state index in [1.165, 1.54) is 19.3 Å². The standard InChI is InChI=1S/C29H44N6O2/c1-9-10-11-12-17-34(18-13-14-23(36)37)21-15-16-22(20(2)19-21)30-24-25(28(3,4)5)32-35-26(24)31-27(33-35)29(6,7)8/h15-16,19H,9-14,17-18H2,1-8H3,(H,36,37)/b30-24-. The largest absolute Gasteiger partial charge is 0.481 e. The van der Waals surface area contributed by atoms with Gasteiger partial charge in [-0.15, -0.1) is 9.89 Å². The van der Waals surface area contributed by atoms with Crippen molar-refractivity contribution < 1.29 is 9.90 Å². The van der Waals surface area contributed by atoms with E-state index in [1.54, 1.807) is 4.79 Å². The topological polar surface area (TPSA) is 96.0 Å². The number of anilines is 1. The van der Waals surface area contributed by atoms with Gasteiger partial charge in [-0.25, -0.2) is 9.98 Å². The Morgan fingerprint density at radius 1 is 1.03 bits per heavy atom. The molecule has 1 aliphatic heterocycles. The summed E-state index contributed by atoms with van der Waals surface area (Å²) >= 11 is 0. The first kappa shape index (κ1) is 28.5.